The van der Waals surface area contributed by atoms with E-state index in [1.54, 1.807) is 0 Å². The third-order valence-corrected chi connectivity index (χ3v) is 4.05. The largest absolute Gasteiger partial charge is 0.347 e. The predicted molar refractivity (Wildman–Crippen MR) is 79.5 cm³/mol. The van der Waals surface area contributed by atoms with Crippen molar-refractivity contribution >= 4 is 22.5 Å². The Morgan fingerprint density at radius 2 is 2.00 bits per heavy atom. The van der Waals surface area contributed by atoms with Crippen LogP contribution < -0.4 is 5.73 Å². The van der Waals surface area contributed by atoms with Crippen LogP contribution in [0.4, 0.5) is 0 Å². The number of hydrogen-bond donors (Lipinski definition) is 1. The molecule has 0 spiro atoms. The molecule has 0 unspecified atom stereocenters. The first-order valence-electron chi connectivity index (χ1n) is 6.45. The van der Waals surface area contributed by atoms with Crippen LogP contribution in [0.5, 0.6) is 0 Å². The van der Waals surface area contributed by atoms with E-state index in [0.29, 0.717) is 12.5 Å². The van der Waals surface area contributed by atoms with Crippen LogP contribution in [0.15, 0.2) is 12.1 Å². The Morgan fingerprint density at radius 1 is 1.33 bits per heavy atom. The number of nitrogens with zero attached hydrogens (tertiary/aromatic N) is 1. The lowest BCUT2D eigenvalue weighted by Crippen LogP contribution is -2.07. The molecule has 1 aromatic carbocycles. The van der Waals surface area contributed by atoms with E-state index in [1.165, 1.54) is 22.2 Å². The number of benzene rings is 1. The van der Waals surface area contributed by atoms with E-state index in [9.17, 15) is 0 Å². The van der Waals surface area contributed by atoms with Gasteiger partial charge in [-0.25, -0.2) is 0 Å². The molecule has 2 rings (SSSR count). The van der Waals surface area contributed by atoms with Gasteiger partial charge in [-0.05, 0) is 43.0 Å². The molecule has 0 aliphatic rings. The molecule has 98 valence electrons. The van der Waals surface area contributed by atoms with Gasteiger partial charge in [-0.3, -0.25) is 0 Å². The van der Waals surface area contributed by atoms with E-state index in [-0.39, 0.29) is 0 Å². The maximum Gasteiger partial charge on any atom is 0.0527 e. The summed E-state index contributed by atoms with van der Waals surface area (Å²) in [5, 5.41) is 2.13. The molecule has 0 radical (unpaired) electrons. The lowest BCUT2D eigenvalue weighted by molar-refractivity contribution is 0.736. The minimum Gasteiger partial charge on any atom is -0.347 e. The first-order valence-corrected chi connectivity index (χ1v) is 6.83. The SMILES string of the molecule is Cc1c(Cl)ccc2c(CCN)c(C(C)C)n(C)c12. The molecule has 0 fully saturated rings. The van der Waals surface area contributed by atoms with Crippen molar-refractivity contribution < 1.29 is 0 Å². The maximum atomic E-state index is 6.24. The fourth-order valence-corrected chi connectivity index (χ4v) is 3.11. The lowest BCUT2D eigenvalue weighted by atomic mass is 10.0. The second kappa shape index (κ2) is 4.94. The summed E-state index contributed by atoms with van der Waals surface area (Å²) in [4.78, 5) is 0. The van der Waals surface area contributed by atoms with E-state index in [4.69, 9.17) is 17.3 Å². The summed E-state index contributed by atoms with van der Waals surface area (Å²) in [6, 6.07) is 4.12. The second-order valence-corrected chi connectivity index (χ2v) is 5.59. The van der Waals surface area contributed by atoms with Gasteiger partial charge in [0.1, 0.15) is 0 Å². The van der Waals surface area contributed by atoms with E-state index in [0.717, 1.165) is 17.0 Å². The Kier molecular flexibility index (Phi) is 3.69. The summed E-state index contributed by atoms with van der Waals surface area (Å²) in [5.74, 6) is 0.488. The molecule has 0 saturated heterocycles. The molecule has 0 aliphatic heterocycles. The van der Waals surface area contributed by atoms with Crippen molar-refractivity contribution in [2.75, 3.05) is 6.54 Å². The van der Waals surface area contributed by atoms with Gasteiger partial charge in [-0.1, -0.05) is 31.5 Å². The standard InChI is InChI=1S/C15H21ClN2/c1-9(2)14-12(7-8-17)11-5-6-13(16)10(3)15(11)18(14)4/h5-6,9H,7-8,17H2,1-4H3. The van der Waals surface area contributed by atoms with Gasteiger partial charge in [-0.15, -0.1) is 0 Å². The van der Waals surface area contributed by atoms with Crippen molar-refractivity contribution in [1.29, 1.82) is 0 Å². The van der Waals surface area contributed by atoms with Gasteiger partial charge in [0, 0.05) is 23.2 Å². The van der Waals surface area contributed by atoms with E-state index in [2.05, 4.69) is 38.5 Å². The van der Waals surface area contributed by atoms with Gasteiger partial charge in [0.25, 0.3) is 0 Å². The molecular weight excluding hydrogens is 244 g/mol. The van der Waals surface area contributed by atoms with E-state index in [1.807, 2.05) is 6.07 Å². The maximum absolute atomic E-state index is 6.24. The zero-order chi connectivity index (χ0) is 13.4. The van der Waals surface area contributed by atoms with Gasteiger partial charge in [0.15, 0.2) is 0 Å². The first kappa shape index (κ1) is 13.4. The molecule has 2 nitrogen and oxygen atoms in total. The monoisotopic (exact) mass is 264 g/mol. The van der Waals surface area contributed by atoms with Gasteiger partial charge < -0.3 is 10.3 Å². The topological polar surface area (TPSA) is 30.9 Å². The Hall–Kier alpha value is -0.990. The van der Waals surface area contributed by atoms with Crippen molar-refractivity contribution in [1.82, 2.24) is 4.57 Å². The van der Waals surface area contributed by atoms with Gasteiger partial charge in [0.05, 0.1) is 5.52 Å². The predicted octanol–water partition coefficient (Wildman–Crippen LogP) is 3.76. The molecular formula is C15H21ClN2. The fourth-order valence-electron chi connectivity index (χ4n) is 2.95. The molecule has 0 amide bonds. The Morgan fingerprint density at radius 3 is 2.56 bits per heavy atom. The molecule has 0 saturated carbocycles. The Labute approximate surface area is 114 Å². The smallest absolute Gasteiger partial charge is 0.0527 e. The third-order valence-electron chi connectivity index (χ3n) is 3.64. The quantitative estimate of drug-likeness (QED) is 0.899. The van der Waals surface area contributed by atoms with Crippen molar-refractivity contribution in [2.24, 2.45) is 12.8 Å². The van der Waals surface area contributed by atoms with E-state index >= 15 is 0 Å². The zero-order valence-electron chi connectivity index (χ0n) is 11.5. The summed E-state index contributed by atoms with van der Waals surface area (Å²) < 4.78 is 2.28. The summed E-state index contributed by atoms with van der Waals surface area (Å²) in [6.07, 6.45) is 0.923. The molecule has 1 aromatic heterocycles. The molecule has 18 heavy (non-hydrogen) atoms. The van der Waals surface area contributed by atoms with Crippen LogP contribution in [0.25, 0.3) is 10.9 Å². The molecule has 3 heteroatoms. The van der Waals surface area contributed by atoms with Crippen LogP contribution in [0.2, 0.25) is 5.02 Å². The number of halogens is 1. The minimum absolute atomic E-state index is 0.488. The summed E-state index contributed by atoms with van der Waals surface area (Å²) in [7, 11) is 2.13. The van der Waals surface area contributed by atoms with Crippen LogP contribution >= 0.6 is 11.6 Å². The summed E-state index contributed by atoms with van der Waals surface area (Å²) in [6.45, 7) is 7.22. The van der Waals surface area contributed by atoms with Crippen molar-refractivity contribution in [3.63, 3.8) is 0 Å². The van der Waals surface area contributed by atoms with Gasteiger partial charge >= 0.3 is 0 Å². The number of nitrogens with two attached hydrogens (primary N) is 1. The highest BCUT2D eigenvalue weighted by Crippen LogP contribution is 2.34. The molecule has 2 N–H and O–H groups in total. The van der Waals surface area contributed by atoms with Crippen molar-refractivity contribution in [3.8, 4) is 0 Å². The minimum atomic E-state index is 0.488. The summed E-state index contributed by atoms with van der Waals surface area (Å²) >= 11 is 6.24. The van der Waals surface area contributed by atoms with E-state index < -0.39 is 0 Å². The highest BCUT2D eigenvalue weighted by atomic mass is 35.5. The number of rotatable bonds is 3. The highest BCUT2D eigenvalue weighted by molar-refractivity contribution is 6.32. The normalized spacial score (nSPS) is 11.7. The van der Waals surface area contributed by atoms with Crippen LogP contribution in [0.3, 0.4) is 0 Å². The molecule has 0 atom stereocenters. The highest BCUT2D eigenvalue weighted by Gasteiger charge is 2.18. The fraction of sp³-hybridized carbons (Fsp3) is 0.467. The number of fused-ring (bicyclic) bond motifs is 1. The van der Waals surface area contributed by atoms with Crippen molar-refractivity contribution in [2.45, 2.75) is 33.1 Å². The number of aryl methyl sites for hydroxylation is 2. The van der Waals surface area contributed by atoms with Gasteiger partial charge in [-0.2, -0.15) is 0 Å². The first-order chi connectivity index (χ1) is 8.49. The molecule has 2 aromatic rings. The van der Waals surface area contributed by atoms with Crippen LogP contribution in [0.1, 0.15) is 36.6 Å². The molecule has 0 aliphatic carbocycles. The summed E-state index contributed by atoms with van der Waals surface area (Å²) in [5.41, 5.74) is 10.9. The van der Waals surface area contributed by atoms with Gasteiger partial charge in [0.2, 0.25) is 0 Å². The second-order valence-electron chi connectivity index (χ2n) is 5.18. The number of aromatic nitrogens is 1. The number of hydrogen-bond acceptors (Lipinski definition) is 1. The lowest BCUT2D eigenvalue weighted by Gasteiger charge is -2.11. The third kappa shape index (κ3) is 1.94. The van der Waals surface area contributed by atoms with Crippen molar-refractivity contribution in [3.05, 3.63) is 34.0 Å². The Balaban J connectivity index is 2.87. The Bertz CT molecular complexity index is 582. The van der Waals surface area contributed by atoms with Crippen LogP contribution in [-0.4, -0.2) is 11.1 Å². The molecule has 0 bridgehead atoms. The zero-order valence-corrected chi connectivity index (χ0v) is 12.3. The van der Waals surface area contributed by atoms with Crippen LogP contribution in [-0.2, 0) is 13.5 Å². The average Bonchev–Trinajstić information content (AvgIpc) is 2.58. The van der Waals surface area contributed by atoms with Crippen LogP contribution in [0, 0.1) is 6.92 Å². The average molecular weight is 265 g/mol. The molecule has 1 heterocycles.